The molecule has 0 unspecified atom stereocenters. The van der Waals surface area contributed by atoms with E-state index in [-0.39, 0.29) is 11.9 Å². The number of hydrogen-bond donors (Lipinski definition) is 2. The molecule has 1 fully saturated rings. The van der Waals surface area contributed by atoms with Crippen LogP contribution in [0.15, 0.2) is 55.0 Å². The molecule has 1 aliphatic rings. The molecule has 1 amide bonds. The minimum absolute atomic E-state index is 0.299. The summed E-state index contributed by atoms with van der Waals surface area (Å²) in [4.78, 5) is 13.2. The Morgan fingerprint density at radius 3 is 2.59 bits per heavy atom. The molecule has 1 saturated carbocycles. The second-order valence-corrected chi connectivity index (χ2v) is 9.29. The number of aryl methyl sites for hydroxylation is 2. The van der Waals surface area contributed by atoms with Crippen LogP contribution in [-0.4, -0.2) is 37.5 Å². The van der Waals surface area contributed by atoms with Gasteiger partial charge in [0.05, 0.1) is 29.4 Å². The standard InChI is InChI=1S/C27H29FN4O2/c1-17-7-12-22(28)25-21(27(34)30-23-5-3-4-6-24(23)33)16-32(26(17)25)14-18-8-10-19(11-9-18)20-13-29-31(2)15-20/h7-13,15-16,23-24,33H,3-6,14H2,1-2H3,(H,30,34)/t23-,24-/m0/s1. The number of nitrogens with zero attached hydrogens (tertiary/aromatic N) is 3. The molecule has 176 valence electrons. The number of aliphatic hydroxyl groups is 1. The third kappa shape index (κ3) is 4.23. The quantitative estimate of drug-likeness (QED) is 0.458. The molecule has 0 radical (unpaired) electrons. The molecule has 34 heavy (non-hydrogen) atoms. The maximum absolute atomic E-state index is 15.0. The molecule has 1 aliphatic carbocycles. The molecule has 0 saturated heterocycles. The third-order valence-corrected chi connectivity index (χ3v) is 6.81. The second-order valence-electron chi connectivity index (χ2n) is 9.29. The van der Waals surface area contributed by atoms with E-state index >= 15 is 0 Å². The first-order chi connectivity index (χ1) is 16.4. The number of carbonyl (C=O) groups is 1. The molecule has 6 nitrogen and oxygen atoms in total. The van der Waals surface area contributed by atoms with Crippen LogP contribution in [0.4, 0.5) is 4.39 Å². The molecular formula is C27H29FN4O2. The smallest absolute Gasteiger partial charge is 0.253 e. The van der Waals surface area contributed by atoms with Gasteiger partial charge in [0, 0.05) is 36.9 Å². The zero-order chi connectivity index (χ0) is 23.8. The van der Waals surface area contributed by atoms with E-state index in [1.807, 2.05) is 55.2 Å². The number of rotatable bonds is 5. The fourth-order valence-corrected chi connectivity index (χ4v) is 4.97. The van der Waals surface area contributed by atoms with Crippen molar-refractivity contribution < 1.29 is 14.3 Å². The van der Waals surface area contributed by atoms with Crippen LogP contribution in [0, 0.1) is 12.7 Å². The summed E-state index contributed by atoms with van der Waals surface area (Å²) in [5.41, 5.74) is 5.08. The number of benzene rings is 2. The van der Waals surface area contributed by atoms with Crippen LogP contribution in [0.5, 0.6) is 0 Å². The lowest BCUT2D eigenvalue weighted by Crippen LogP contribution is -2.45. The van der Waals surface area contributed by atoms with E-state index < -0.39 is 11.9 Å². The molecule has 7 heteroatoms. The van der Waals surface area contributed by atoms with Gasteiger partial charge in [-0.1, -0.05) is 43.2 Å². The van der Waals surface area contributed by atoms with Crippen molar-refractivity contribution in [2.75, 3.05) is 0 Å². The summed E-state index contributed by atoms with van der Waals surface area (Å²) in [5, 5.41) is 17.8. The molecule has 4 aromatic rings. The van der Waals surface area contributed by atoms with Gasteiger partial charge in [-0.2, -0.15) is 5.10 Å². The van der Waals surface area contributed by atoms with Crippen molar-refractivity contribution in [3.63, 3.8) is 0 Å². The Balaban J connectivity index is 1.47. The molecule has 2 N–H and O–H groups in total. The van der Waals surface area contributed by atoms with E-state index in [0.29, 0.717) is 29.4 Å². The first kappa shape index (κ1) is 22.3. The Bertz CT molecular complexity index is 1340. The number of fused-ring (bicyclic) bond motifs is 1. The number of nitrogens with one attached hydrogen (secondary N) is 1. The maximum Gasteiger partial charge on any atom is 0.253 e. The normalized spacial score (nSPS) is 18.4. The predicted octanol–water partition coefficient (Wildman–Crippen LogP) is 4.57. The average molecular weight is 461 g/mol. The van der Waals surface area contributed by atoms with Gasteiger partial charge in [0.25, 0.3) is 5.91 Å². The summed E-state index contributed by atoms with van der Waals surface area (Å²) in [7, 11) is 1.89. The third-order valence-electron chi connectivity index (χ3n) is 6.81. The van der Waals surface area contributed by atoms with Gasteiger partial charge < -0.3 is 15.0 Å². The minimum Gasteiger partial charge on any atom is -0.391 e. The zero-order valence-corrected chi connectivity index (χ0v) is 19.5. The van der Waals surface area contributed by atoms with Crippen LogP contribution >= 0.6 is 0 Å². The van der Waals surface area contributed by atoms with Gasteiger partial charge in [0.2, 0.25) is 0 Å². The van der Waals surface area contributed by atoms with Gasteiger partial charge in [-0.15, -0.1) is 0 Å². The number of carbonyl (C=O) groups excluding carboxylic acids is 1. The summed E-state index contributed by atoms with van der Waals surface area (Å²) in [6.07, 6.45) is 8.30. The van der Waals surface area contributed by atoms with Crippen molar-refractivity contribution >= 4 is 16.8 Å². The Kier molecular flexibility index (Phi) is 5.96. The minimum atomic E-state index is -0.559. The summed E-state index contributed by atoms with van der Waals surface area (Å²) in [6, 6.07) is 11.0. The lowest BCUT2D eigenvalue weighted by molar-refractivity contribution is 0.0718. The van der Waals surface area contributed by atoms with Crippen molar-refractivity contribution in [3.05, 3.63) is 77.5 Å². The largest absolute Gasteiger partial charge is 0.391 e. The lowest BCUT2D eigenvalue weighted by atomic mass is 9.92. The average Bonchev–Trinajstić information content (AvgIpc) is 3.43. The van der Waals surface area contributed by atoms with Crippen LogP contribution in [0.25, 0.3) is 22.0 Å². The molecule has 0 aliphatic heterocycles. The van der Waals surface area contributed by atoms with Gasteiger partial charge in [0.15, 0.2) is 0 Å². The van der Waals surface area contributed by atoms with Gasteiger partial charge in [0.1, 0.15) is 5.82 Å². The maximum atomic E-state index is 15.0. The van der Waals surface area contributed by atoms with Crippen LogP contribution in [-0.2, 0) is 13.6 Å². The molecule has 2 aromatic carbocycles. The number of halogens is 1. The van der Waals surface area contributed by atoms with Gasteiger partial charge in [-0.3, -0.25) is 9.48 Å². The molecule has 0 bridgehead atoms. The molecule has 2 atom stereocenters. The van der Waals surface area contributed by atoms with Crippen molar-refractivity contribution in [1.29, 1.82) is 0 Å². The Labute approximate surface area is 198 Å². The predicted molar refractivity (Wildman–Crippen MR) is 130 cm³/mol. The molecule has 2 aromatic heterocycles. The second kappa shape index (κ2) is 9.06. The highest BCUT2D eigenvalue weighted by Gasteiger charge is 2.27. The van der Waals surface area contributed by atoms with E-state index in [0.717, 1.165) is 41.5 Å². The van der Waals surface area contributed by atoms with Crippen molar-refractivity contribution in [3.8, 4) is 11.1 Å². The molecule has 0 spiro atoms. The molecule has 5 rings (SSSR count). The van der Waals surface area contributed by atoms with Crippen molar-refractivity contribution in [2.24, 2.45) is 7.05 Å². The van der Waals surface area contributed by atoms with Gasteiger partial charge >= 0.3 is 0 Å². The zero-order valence-electron chi connectivity index (χ0n) is 19.5. The number of aromatic nitrogens is 3. The summed E-state index contributed by atoms with van der Waals surface area (Å²) in [6.45, 7) is 2.43. The number of hydrogen-bond acceptors (Lipinski definition) is 3. The summed E-state index contributed by atoms with van der Waals surface area (Å²) in [5.74, 6) is -0.758. The first-order valence-corrected chi connectivity index (χ1v) is 11.8. The van der Waals surface area contributed by atoms with Gasteiger partial charge in [-0.05, 0) is 42.5 Å². The van der Waals surface area contributed by atoms with Crippen LogP contribution in [0.1, 0.15) is 47.2 Å². The Morgan fingerprint density at radius 1 is 1.12 bits per heavy atom. The van der Waals surface area contributed by atoms with Gasteiger partial charge in [-0.25, -0.2) is 4.39 Å². The van der Waals surface area contributed by atoms with E-state index in [9.17, 15) is 14.3 Å². The van der Waals surface area contributed by atoms with Crippen LogP contribution < -0.4 is 5.32 Å². The van der Waals surface area contributed by atoms with E-state index in [1.54, 1.807) is 16.9 Å². The highest BCUT2D eigenvalue weighted by molar-refractivity contribution is 6.08. The molecule has 2 heterocycles. The summed E-state index contributed by atoms with van der Waals surface area (Å²) < 4.78 is 18.7. The topological polar surface area (TPSA) is 72.1 Å². The lowest BCUT2D eigenvalue weighted by Gasteiger charge is -2.28. The first-order valence-electron chi connectivity index (χ1n) is 11.8. The summed E-state index contributed by atoms with van der Waals surface area (Å²) >= 11 is 0. The Morgan fingerprint density at radius 2 is 1.88 bits per heavy atom. The van der Waals surface area contributed by atoms with E-state index in [4.69, 9.17) is 0 Å². The van der Waals surface area contributed by atoms with Crippen LogP contribution in [0.3, 0.4) is 0 Å². The highest BCUT2D eigenvalue weighted by Crippen LogP contribution is 2.29. The number of amides is 1. The highest BCUT2D eigenvalue weighted by atomic mass is 19.1. The fourth-order valence-electron chi connectivity index (χ4n) is 4.97. The molecular weight excluding hydrogens is 431 g/mol. The van der Waals surface area contributed by atoms with E-state index in [2.05, 4.69) is 10.4 Å². The van der Waals surface area contributed by atoms with E-state index in [1.165, 1.54) is 6.07 Å². The van der Waals surface area contributed by atoms with Crippen molar-refractivity contribution in [1.82, 2.24) is 19.7 Å². The SMILES string of the molecule is Cc1ccc(F)c2c(C(=O)N[C@H]3CCCC[C@@H]3O)cn(Cc3ccc(-c4cnn(C)c4)cc3)c12. The number of aliphatic hydroxyl groups excluding tert-OH is 1. The fraction of sp³-hybridized carbons (Fsp3) is 0.333. The monoisotopic (exact) mass is 460 g/mol. The Hall–Kier alpha value is -3.45. The van der Waals surface area contributed by atoms with Crippen LogP contribution in [0.2, 0.25) is 0 Å². The van der Waals surface area contributed by atoms with Crippen molar-refractivity contribution in [2.45, 2.75) is 51.3 Å².